The van der Waals surface area contributed by atoms with Gasteiger partial charge in [-0.2, -0.15) is 9.47 Å². The summed E-state index contributed by atoms with van der Waals surface area (Å²) >= 11 is 1.40. The summed E-state index contributed by atoms with van der Waals surface area (Å²) in [5.74, 6) is 0.661. The van der Waals surface area contributed by atoms with Gasteiger partial charge in [0, 0.05) is 44.8 Å². The summed E-state index contributed by atoms with van der Waals surface area (Å²) in [7, 11) is 3.43. The summed E-state index contributed by atoms with van der Waals surface area (Å²) in [4.78, 5) is 19.1. The van der Waals surface area contributed by atoms with E-state index < -0.39 is 0 Å². The van der Waals surface area contributed by atoms with Crippen LogP contribution >= 0.6 is 11.5 Å². The van der Waals surface area contributed by atoms with Crippen LogP contribution in [-0.2, 0) is 18.4 Å². The molecule has 1 aliphatic heterocycles. The highest BCUT2D eigenvalue weighted by molar-refractivity contribution is 7.09. The zero-order valence-electron chi connectivity index (χ0n) is 14.2. The van der Waals surface area contributed by atoms with Gasteiger partial charge in [0.2, 0.25) is 5.13 Å². The molecule has 2 aromatic rings. The van der Waals surface area contributed by atoms with Crippen LogP contribution in [0.2, 0.25) is 0 Å². The largest absolute Gasteiger partial charge is 0.377 e. The van der Waals surface area contributed by atoms with E-state index in [-0.39, 0.29) is 11.9 Å². The van der Waals surface area contributed by atoms with E-state index in [1.165, 1.54) is 11.5 Å². The summed E-state index contributed by atoms with van der Waals surface area (Å²) < 4.78 is 11.0. The number of anilines is 1. The van der Waals surface area contributed by atoms with E-state index in [0.717, 1.165) is 42.6 Å². The SMILES string of the molecule is COCc1nsc(N2CCC(NC(=O)c3cc(C)nn3C)CC2)n1. The van der Waals surface area contributed by atoms with Crippen LogP contribution in [0.15, 0.2) is 6.07 Å². The minimum Gasteiger partial charge on any atom is -0.377 e. The molecule has 0 aromatic carbocycles. The third-order valence-electron chi connectivity index (χ3n) is 4.07. The molecule has 130 valence electrons. The van der Waals surface area contributed by atoms with Crippen LogP contribution in [0.5, 0.6) is 0 Å². The van der Waals surface area contributed by atoms with Gasteiger partial charge in [0.1, 0.15) is 12.3 Å². The van der Waals surface area contributed by atoms with Crippen molar-refractivity contribution in [2.45, 2.75) is 32.4 Å². The standard InChI is InChI=1S/C15H22N6O2S/c1-10-8-12(20(2)18-10)14(22)16-11-4-6-21(7-5-11)15-17-13(9-23-3)19-24-15/h8,11H,4-7,9H2,1-3H3,(H,16,22). The Kier molecular flexibility index (Phi) is 5.10. The molecule has 0 bridgehead atoms. The molecule has 8 nitrogen and oxygen atoms in total. The Balaban J connectivity index is 1.53. The number of carbonyl (C=O) groups is 1. The molecule has 3 rings (SSSR count). The Hall–Kier alpha value is -2.00. The number of aromatic nitrogens is 4. The topological polar surface area (TPSA) is 85.2 Å². The third-order valence-corrected chi connectivity index (χ3v) is 4.88. The van der Waals surface area contributed by atoms with Gasteiger partial charge in [-0.05, 0) is 25.8 Å². The van der Waals surface area contributed by atoms with Crippen molar-refractivity contribution in [3.05, 3.63) is 23.3 Å². The second kappa shape index (κ2) is 7.27. The number of aryl methyl sites for hydroxylation is 2. The van der Waals surface area contributed by atoms with E-state index in [1.807, 2.05) is 13.0 Å². The highest BCUT2D eigenvalue weighted by atomic mass is 32.1. The van der Waals surface area contributed by atoms with E-state index in [2.05, 4.69) is 24.7 Å². The lowest BCUT2D eigenvalue weighted by molar-refractivity contribution is 0.0921. The molecule has 24 heavy (non-hydrogen) atoms. The summed E-state index contributed by atoms with van der Waals surface area (Å²) in [5, 5.41) is 8.25. The maximum absolute atomic E-state index is 12.4. The fourth-order valence-corrected chi connectivity index (χ4v) is 3.58. The van der Waals surface area contributed by atoms with Gasteiger partial charge in [0.25, 0.3) is 5.91 Å². The number of methoxy groups -OCH3 is 1. The number of nitrogens with one attached hydrogen (secondary N) is 1. The maximum atomic E-state index is 12.4. The molecular formula is C15H22N6O2S. The van der Waals surface area contributed by atoms with Gasteiger partial charge < -0.3 is 15.0 Å². The number of amides is 1. The average molecular weight is 350 g/mol. The van der Waals surface area contributed by atoms with Crippen molar-refractivity contribution in [2.24, 2.45) is 7.05 Å². The van der Waals surface area contributed by atoms with Crippen molar-refractivity contribution in [3.63, 3.8) is 0 Å². The van der Waals surface area contributed by atoms with Gasteiger partial charge >= 0.3 is 0 Å². The van der Waals surface area contributed by atoms with Gasteiger partial charge in [-0.15, -0.1) is 0 Å². The smallest absolute Gasteiger partial charge is 0.269 e. The van der Waals surface area contributed by atoms with Crippen LogP contribution in [0.25, 0.3) is 0 Å². The molecule has 1 N–H and O–H groups in total. The second-order valence-electron chi connectivity index (χ2n) is 5.96. The molecule has 2 aromatic heterocycles. The van der Waals surface area contributed by atoms with E-state index >= 15 is 0 Å². The van der Waals surface area contributed by atoms with Crippen LogP contribution in [0.3, 0.4) is 0 Å². The first kappa shape index (κ1) is 16.8. The third kappa shape index (κ3) is 3.73. The lowest BCUT2D eigenvalue weighted by atomic mass is 10.1. The lowest BCUT2D eigenvalue weighted by Gasteiger charge is -2.31. The molecule has 1 amide bonds. The predicted octanol–water partition coefficient (Wildman–Crippen LogP) is 1.13. The minimum atomic E-state index is -0.0603. The number of nitrogens with zero attached hydrogens (tertiary/aromatic N) is 5. The fourth-order valence-electron chi connectivity index (χ4n) is 2.86. The first-order chi connectivity index (χ1) is 11.6. The molecule has 0 saturated carbocycles. The normalized spacial score (nSPS) is 15.7. The Morgan fingerprint density at radius 2 is 2.21 bits per heavy atom. The Labute approximate surface area is 145 Å². The van der Waals surface area contributed by atoms with Crippen molar-refractivity contribution in [2.75, 3.05) is 25.1 Å². The van der Waals surface area contributed by atoms with Gasteiger partial charge in [-0.1, -0.05) is 0 Å². The number of carbonyl (C=O) groups excluding carboxylic acids is 1. The van der Waals surface area contributed by atoms with Crippen LogP contribution < -0.4 is 10.2 Å². The predicted molar refractivity (Wildman–Crippen MR) is 91.3 cm³/mol. The number of ether oxygens (including phenoxy) is 1. The highest BCUT2D eigenvalue weighted by Crippen LogP contribution is 2.22. The van der Waals surface area contributed by atoms with Crippen molar-refractivity contribution in [1.29, 1.82) is 0 Å². The molecule has 9 heteroatoms. The second-order valence-corrected chi connectivity index (χ2v) is 6.69. The molecule has 1 aliphatic rings. The van der Waals surface area contributed by atoms with E-state index in [0.29, 0.717) is 12.3 Å². The van der Waals surface area contributed by atoms with Crippen LogP contribution in [0, 0.1) is 6.92 Å². The first-order valence-electron chi connectivity index (χ1n) is 7.95. The first-order valence-corrected chi connectivity index (χ1v) is 8.72. The van der Waals surface area contributed by atoms with Crippen LogP contribution in [0.4, 0.5) is 5.13 Å². The summed E-state index contributed by atoms with van der Waals surface area (Å²) in [6.07, 6.45) is 1.78. The number of hydrogen-bond donors (Lipinski definition) is 1. The van der Waals surface area contributed by atoms with E-state index in [4.69, 9.17) is 4.74 Å². The minimum absolute atomic E-state index is 0.0603. The average Bonchev–Trinajstić information content (AvgIpc) is 3.15. The molecule has 1 saturated heterocycles. The zero-order valence-corrected chi connectivity index (χ0v) is 15.0. The van der Waals surface area contributed by atoms with Gasteiger partial charge in [-0.25, -0.2) is 4.98 Å². The molecule has 0 radical (unpaired) electrons. The molecule has 0 aliphatic carbocycles. The molecule has 0 spiro atoms. The quantitative estimate of drug-likeness (QED) is 0.870. The molecule has 0 atom stereocenters. The zero-order chi connectivity index (χ0) is 17.1. The molecular weight excluding hydrogens is 328 g/mol. The molecule has 1 fully saturated rings. The van der Waals surface area contributed by atoms with Crippen molar-refractivity contribution < 1.29 is 9.53 Å². The Morgan fingerprint density at radius 3 is 2.83 bits per heavy atom. The molecule has 0 unspecified atom stereocenters. The maximum Gasteiger partial charge on any atom is 0.269 e. The summed E-state index contributed by atoms with van der Waals surface area (Å²) in [6.45, 7) is 4.04. The number of piperidine rings is 1. The van der Waals surface area contributed by atoms with Crippen molar-refractivity contribution in [3.8, 4) is 0 Å². The van der Waals surface area contributed by atoms with Gasteiger partial charge in [0.15, 0.2) is 5.82 Å². The van der Waals surface area contributed by atoms with E-state index in [1.54, 1.807) is 18.8 Å². The van der Waals surface area contributed by atoms with Crippen molar-refractivity contribution >= 4 is 22.6 Å². The summed E-state index contributed by atoms with van der Waals surface area (Å²) in [6, 6.07) is 1.98. The van der Waals surface area contributed by atoms with Gasteiger partial charge in [0.05, 0.1) is 5.69 Å². The van der Waals surface area contributed by atoms with Crippen LogP contribution in [0.1, 0.15) is 34.8 Å². The Bertz CT molecular complexity index is 705. The van der Waals surface area contributed by atoms with Gasteiger partial charge in [-0.3, -0.25) is 9.48 Å². The number of hydrogen-bond acceptors (Lipinski definition) is 7. The number of rotatable bonds is 5. The van der Waals surface area contributed by atoms with Crippen molar-refractivity contribution in [1.82, 2.24) is 24.5 Å². The Morgan fingerprint density at radius 1 is 1.46 bits per heavy atom. The van der Waals surface area contributed by atoms with E-state index in [9.17, 15) is 4.79 Å². The highest BCUT2D eigenvalue weighted by Gasteiger charge is 2.24. The fraction of sp³-hybridized carbons (Fsp3) is 0.600. The molecule has 3 heterocycles. The summed E-state index contributed by atoms with van der Waals surface area (Å²) in [5.41, 5.74) is 1.45. The monoisotopic (exact) mass is 350 g/mol. The lowest BCUT2D eigenvalue weighted by Crippen LogP contribution is -2.45. The van der Waals surface area contributed by atoms with Crippen LogP contribution in [-0.4, -0.2) is 51.3 Å².